The lowest BCUT2D eigenvalue weighted by molar-refractivity contribution is -0.0470. The molecule has 0 aliphatic carbocycles. The van der Waals surface area contributed by atoms with E-state index in [0.29, 0.717) is 5.06 Å². The van der Waals surface area contributed by atoms with Gasteiger partial charge in [-0.05, 0) is 47.7 Å². The number of fused-ring (bicyclic) bond motifs is 1. The molecule has 0 radical (unpaired) electrons. The number of aryl methyl sites for hydroxylation is 1. The summed E-state index contributed by atoms with van der Waals surface area (Å²) in [6, 6.07) is 13.1. The Morgan fingerprint density at radius 3 is 2.62 bits per heavy atom. The van der Waals surface area contributed by atoms with Crippen LogP contribution in [0, 0.1) is 0 Å². The van der Waals surface area contributed by atoms with Crippen LogP contribution in [0.4, 0.5) is 10.5 Å². The molecule has 1 aliphatic heterocycles. The van der Waals surface area contributed by atoms with Gasteiger partial charge in [0.2, 0.25) is 0 Å². The summed E-state index contributed by atoms with van der Waals surface area (Å²) < 4.78 is 0. The minimum atomic E-state index is -0.850. The lowest BCUT2D eigenvalue weighted by Crippen LogP contribution is -2.32. The Morgan fingerprint density at radius 1 is 1.21 bits per heavy atom. The van der Waals surface area contributed by atoms with Crippen LogP contribution in [-0.2, 0) is 19.5 Å². The highest BCUT2D eigenvalue weighted by Crippen LogP contribution is 2.30. The zero-order valence-corrected chi connectivity index (χ0v) is 14.0. The maximum atomic E-state index is 11.0. The minimum Gasteiger partial charge on any atom is -0.367 e. The van der Waals surface area contributed by atoms with E-state index in [1.54, 1.807) is 0 Å². The predicted octanol–water partition coefficient (Wildman–Crippen LogP) is 3.56. The fourth-order valence-corrected chi connectivity index (χ4v) is 3.18. The standard InChI is InChI=1S/C18H20ClN3O2/c19-16-6-3-13(4-7-16)11-21-9-1-2-15-10-14(5-8-17(15)21)12-22(24)18(20)23/h3-8,10,24H,1-2,9,11-12H2,(H2,20,23). The second kappa shape index (κ2) is 7.11. The van der Waals surface area contributed by atoms with Gasteiger partial charge in [0, 0.05) is 23.8 Å². The summed E-state index contributed by atoms with van der Waals surface area (Å²) in [6.07, 6.45) is 2.06. The molecule has 126 valence electrons. The van der Waals surface area contributed by atoms with Gasteiger partial charge in [-0.3, -0.25) is 5.21 Å². The third-order valence-electron chi connectivity index (χ3n) is 4.23. The minimum absolute atomic E-state index is 0.0970. The van der Waals surface area contributed by atoms with E-state index in [4.69, 9.17) is 17.3 Å². The van der Waals surface area contributed by atoms with Crippen LogP contribution < -0.4 is 10.6 Å². The summed E-state index contributed by atoms with van der Waals surface area (Å²) >= 11 is 5.95. The van der Waals surface area contributed by atoms with Crippen molar-refractivity contribution in [3.05, 3.63) is 64.2 Å². The van der Waals surface area contributed by atoms with E-state index < -0.39 is 6.03 Å². The summed E-state index contributed by atoms with van der Waals surface area (Å²) in [5, 5.41) is 10.8. The monoisotopic (exact) mass is 345 g/mol. The second-order valence-corrected chi connectivity index (χ2v) is 6.45. The molecule has 2 amide bonds. The highest BCUT2D eigenvalue weighted by Gasteiger charge is 2.18. The van der Waals surface area contributed by atoms with Crippen molar-refractivity contribution in [3.63, 3.8) is 0 Å². The smallest absolute Gasteiger partial charge is 0.338 e. The van der Waals surface area contributed by atoms with E-state index in [0.717, 1.165) is 36.5 Å². The highest BCUT2D eigenvalue weighted by molar-refractivity contribution is 6.30. The normalized spacial score (nSPS) is 13.5. The molecule has 0 aromatic heterocycles. The molecule has 1 aliphatic rings. The molecular formula is C18H20ClN3O2. The van der Waals surface area contributed by atoms with Gasteiger partial charge in [-0.1, -0.05) is 35.9 Å². The Hall–Kier alpha value is -2.24. The lowest BCUT2D eigenvalue weighted by atomic mass is 9.98. The predicted molar refractivity (Wildman–Crippen MR) is 94.2 cm³/mol. The summed E-state index contributed by atoms with van der Waals surface area (Å²) in [5.74, 6) is 0. The maximum absolute atomic E-state index is 11.0. The van der Waals surface area contributed by atoms with Crippen LogP contribution in [0.2, 0.25) is 5.02 Å². The van der Waals surface area contributed by atoms with Crippen LogP contribution >= 0.6 is 11.6 Å². The Morgan fingerprint density at radius 2 is 1.92 bits per heavy atom. The molecule has 6 heteroatoms. The van der Waals surface area contributed by atoms with Gasteiger partial charge in [0.05, 0.1) is 6.54 Å². The van der Waals surface area contributed by atoms with Crippen molar-refractivity contribution in [3.8, 4) is 0 Å². The van der Waals surface area contributed by atoms with E-state index in [-0.39, 0.29) is 6.54 Å². The molecule has 5 nitrogen and oxygen atoms in total. The molecule has 0 saturated carbocycles. The van der Waals surface area contributed by atoms with Crippen molar-refractivity contribution in [2.75, 3.05) is 11.4 Å². The first kappa shape index (κ1) is 16.6. The molecular weight excluding hydrogens is 326 g/mol. The SMILES string of the molecule is NC(=O)N(O)Cc1ccc2c(c1)CCCN2Cc1ccc(Cl)cc1. The second-order valence-electron chi connectivity index (χ2n) is 6.01. The molecule has 0 saturated heterocycles. The molecule has 24 heavy (non-hydrogen) atoms. The topological polar surface area (TPSA) is 69.8 Å². The molecule has 3 N–H and O–H groups in total. The number of nitrogens with zero attached hydrogens (tertiary/aromatic N) is 2. The van der Waals surface area contributed by atoms with Gasteiger partial charge in [-0.25, -0.2) is 9.86 Å². The van der Waals surface area contributed by atoms with Crippen molar-refractivity contribution in [2.45, 2.75) is 25.9 Å². The van der Waals surface area contributed by atoms with Crippen molar-refractivity contribution in [1.82, 2.24) is 5.06 Å². The van der Waals surface area contributed by atoms with E-state index in [9.17, 15) is 10.0 Å². The summed E-state index contributed by atoms with van der Waals surface area (Å²) in [4.78, 5) is 13.3. The highest BCUT2D eigenvalue weighted by atomic mass is 35.5. The van der Waals surface area contributed by atoms with Crippen LogP contribution in [0.5, 0.6) is 0 Å². The first-order valence-corrected chi connectivity index (χ1v) is 8.28. The summed E-state index contributed by atoms with van der Waals surface area (Å²) in [5.41, 5.74) is 9.56. The van der Waals surface area contributed by atoms with E-state index in [2.05, 4.69) is 11.0 Å². The van der Waals surface area contributed by atoms with Crippen LogP contribution in [0.15, 0.2) is 42.5 Å². The molecule has 1 heterocycles. The number of amides is 2. The van der Waals surface area contributed by atoms with Crippen molar-refractivity contribution in [1.29, 1.82) is 0 Å². The Bertz CT molecular complexity index is 734. The Kier molecular flexibility index (Phi) is 4.92. The third kappa shape index (κ3) is 3.80. The largest absolute Gasteiger partial charge is 0.367 e. The van der Waals surface area contributed by atoms with Crippen LogP contribution in [-0.4, -0.2) is 22.8 Å². The van der Waals surface area contributed by atoms with E-state index in [1.807, 2.05) is 36.4 Å². The fraction of sp³-hybridized carbons (Fsp3) is 0.278. The number of primary amides is 1. The number of hydrogen-bond donors (Lipinski definition) is 2. The van der Waals surface area contributed by atoms with Gasteiger partial charge in [0.25, 0.3) is 0 Å². The van der Waals surface area contributed by atoms with Crippen LogP contribution in [0.3, 0.4) is 0 Å². The van der Waals surface area contributed by atoms with Gasteiger partial charge in [-0.15, -0.1) is 0 Å². The average molecular weight is 346 g/mol. The molecule has 0 spiro atoms. The van der Waals surface area contributed by atoms with Gasteiger partial charge in [-0.2, -0.15) is 0 Å². The molecule has 0 fully saturated rings. The molecule has 2 aromatic carbocycles. The molecule has 2 aromatic rings. The third-order valence-corrected chi connectivity index (χ3v) is 4.48. The number of carbonyl (C=O) groups excluding carboxylic acids is 1. The number of hydrogen-bond acceptors (Lipinski definition) is 3. The maximum Gasteiger partial charge on any atom is 0.338 e. The number of hydroxylamine groups is 2. The van der Waals surface area contributed by atoms with E-state index in [1.165, 1.54) is 16.8 Å². The van der Waals surface area contributed by atoms with Crippen molar-refractivity contribution < 1.29 is 10.0 Å². The quantitative estimate of drug-likeness (QED) is 0.657. The van der Waals surface area contributed by atoms with Gasteiger partial charge >= 0.3 is 6.03 Å². The van der Waals surface area contributed by atoms with Crippen molar-refractivity contribution in [2.24, 2.45) is 5.73 Å². The summed E-state index contributed by atoms with van der Waals surface area (Å²) in [7, 11) is 0. The van der Waals surface area contributed by atoms with E-state index >= 15 is 0 Å². The number of urea groups is 1. The number of benzene rings is 2. The van der Waals surface area contributed by atoms with Gasteiger partial charge < -0.3 is 10.6 Å². The number of rotatable bonds is 4. The zero-order chi connectivity index (χ0) is 17.1. The van der Waals surface area contributed by atoms with Crippen molar-refractivity contribution >= 4 is 23.3 Å². The zero-order valence-electron chi connectivity index (χ0n) is 13.3. The molecule has 0 bridgehead atoms. The molecule has 0 unspecified atom stereocenters. The number of carbonyl (C=O) groups is 1. The molecule has 0 atom stereocenters. The van der Waals surface area contributed by atoms with Gasteiger partial charge in [0.15, 0.2) is 0 Å². The Balaban J connectivity index is 1.77. The Labute approximate surface area is 146 Å². The molecule has 3 rings (SSSR count). The number of nitrogens with two attached hydrogens (primary N) is 1. The van der Waals surface area contributed by atoms with Gasteiger partial charge in [0.1, 0.15) is 0 Å². The average Bonchev–Trinajstić information content (AvgIpc) is 2.57. The van der Waals surface area contributed by atoms with Crippen LogP contribution in [0.25, 0.3) is 0 Å². The first-order valence-electron chi connectivity index (χ1n) is 7.90. The first-order chi connectivity index (χ1) is 11.5. The summed E-state index contributed by atoms with van der Waals surface area (Å²) in [6.45, 7) is 1.93. The number of anilines is 1. The van der Waals surface area contributed by atoms with Crippen LogP contribution in [0.1, 0.15) is 23.1 Å². The lowest BCUT2D eigenvalue weighted by Gasteiger charge is -2.32. The fourth-order valence-electron chi connectivity index (χ4n) is 3.05. The number of halogens is 1.